The Morgan fingerprint density at radius 2 is 1.44 bits per heavy atom. The van der Waals surface area contributed by atoms with Gasteiger partial charge >= 0.3 is 19.1 Å². The first-order valence-electron chi connectivity index (χ1n) is 6.15. The molecule has 6 nitrogen and oxygen atoms in total. The van der Waals surface area contributed by atoms with Crippen molar-refractivity contribution in [2.75, 3.05) is 13.2 Å². The van der Waals surface area contributed by atoms with Crippen molar-refractivity contribution < 1.29 is 28.4 Å². The molecule has 1 fully saturated rings. The molecule has 0 N–H and O–H groups in total. The van der Waals surface area contributed by atoms with Crippen LogP contribution in [-0.2, 0) is 28.4 Å². The molecule has 0 aromatic carbocycles. The maximum atomic E-state index is 11.7. The standard InChI is InChI=1S/C11H19BO6/c1-5-15-10(13)8-9(11(14)16-6-2)18-12(17-8)7(3)4/h7-9H,5-6H2,1-4H3. The monoisotopic (exact) mass is 258 g/mol. The molecule has 0 spiro atoms. The Kier molecular flexibility index (Phi) is 5.62. The highest BCUT2D eigenvalue weighted by Crippen LogP contribution is 2.25. The Morgan fingerprint density at radius 3 is 1.72 bits per heavy atom. The van der Waals surface area contributed by atoms with Crippen LogP contribution < -0.4 is 0 Å². The molecule has 7 heteroatoms. The van der Waals surface area contributed by atoms with E-state index in [2.05, 4.69) is 0 Å². The summed E-state index contributed by atoms with van der Waals surface area (Å²) in [7, 11) is -0.603. The van der Waals surface area contributed by atoms with Crippen LogP contribution in [0.15, 0.2) is 0 Å². The normalized spacial score (nSPS) is 23.3. The number of hydrogen-bond acceptors (Lipinski definition) is 6. The van der Waals surface area contributed by atoms with E-state index in [0.717, 1.165) is 0 Å². The highest BCUT2D eigenvalue weighted by molar-refractivity contribution is 6.47. The van der Waals surface area contributed by atoms with E-state index in [1.807, 2.05) is 13.8 Å². The minimum atomic E-state index is -1.05. The SMILES string of the molecule is CCOC(=O)C1OB(C(C)C)OC1C(=O)OCC. The van der Waals surface area contributed by atoms with Crippen molar-refractivity contribution in [3.63, 3.8) is 0 Å². The van der Waals surface area contributed by atoms with Crippen molar-refractivity contribution in [1.82, 2.24) is 0 Å². The summed E-state index contributed by atoms with van der Waals surface area (Å²) in [6.07, 6.45) is -2.09. The molecular weight excluding hydrogens is 239 g/mol. The molecule has 1 heterocycles. The lowest BCUT2D eigenvalue weighted by Crippen LogP contribution is -2.39. The van der Waals surface area contributed by atoms with Crippen LogP contribution in [0.3, 0.4) is 0 Å². The lowest BCUT2D eigenvalue weighted by Gasteiger charge is -2.15. The number of rotatable bonds is 5. The van der Waals surface area contributed by atoms with Gasteiger partial charge in [0.1, 0.15) is 0 Å². The summed E-state index contributed by atoms with van der Waals surface area (Å²) in [5, 5.41) is 0. The molecular formula is C11H19BO6. The summed E-state index contributed by atoms with van der Waals surface area (Å²) in [5.41, 5.74) is 0. The Morgan fingerprint density at radius 1 is 1.06 bits per heavy atom. The van der Waals surface area contributed by atoms with Gasteiger partial charge in [-0.2, -0.15) is 0 Å². The number of carbonyl (C=O) groups excluding carboxylic acids is 2. The van der Waals surface area contributed by atoms with Crippen molar-refractivity contribution in [3.05, 3.63) is 0 Å². The highest BCUT2D eigenvalue weighted by Gasteiger charge is 2.49. The Hall–Kier alpha value is -1.08. The molecule has 1 saturated heterocycles. The number of esters is 2. The molecule has 1 aliphatic heterocycles. The summed E-state index contributed by atoms with van der Waals surface area (Å²) in [6.45, 7) is 7.57. The first-order valence-corrected chi connectivity index (χ1v) is 6.15. The van der Waals surface area contributed by atoms with Gasteiger partial charge in [0.25, 0.3) is 0 Å². The molecule has 2 unspecified atom stereocenters. The summed E-state index contributed by atoms with van der Waals surface area (Å²) in [6, 6.07) is 0. The lowest BCUT2D eigenvalue weighted by molar-refractivity contribution is -0.163. The maximum absolute atomic E-state index is 11.7. The van der Waals surface area contributed by atoms with Gasteiger partial charge in [-0.05, 0) is 19.7 Å². The minimum absolute atomic E-state index is 0.0290. The van der Waals surface area contributed by atoms with Crippen LogP contribution in [0.5, 0.6) is 0 Å². The van der Waals surface area contributed by atoms with Gasteiger partial charge in [0.05, 0.1) is 13.2 Å². The van der Waals surface area contributed by atoms with E-state index in [9.17, 15) is 9.59 Å². The lowest BCUT2D eigenvalue weighted by atomic mass is 9.75. The maximum Gasteiger partial charge on any atom is 0.461 e. The van der Waals surface area contributed by atoms with Gasteiger partial charge < -0.3 is 18.8 Å². The van der Waals surface area contributed by atoms with Crippen molar-refractivity contribution in [2.24, 2.45) is 0 Å². The molecule has 2 atom stereocenters. The van der Waals surface area contributed by atoms with Gasteiger partial charge in [-0.3, -0.25) is 0 Å². The molecule has 18 heavy (non-hydrogen) atoms. The summed E-state index contributed by atoms with van der Waals surface area (Å²) < 4.78 is 20.6. The fourth-order valence-electron chi connectivity index (χ4n) is 1.59. The highest BCUT2D eigenvalue weighted by atomic mass is 16.7. The quantitative estimate of drug-likeness (QED) is 0.536. The van der Waals surface area contributed by atoms with Gasteiger partial charge in [-0.25, -0.2) is 9.59 Å². The van der Waals surface area contributed by atoms with Crippen LogP contribution >= 0.6 is 0 Å². The van der Waals surface area contributed by atoms with Gasteiger partial charge in [0, 0.05) is 0 Å². The van der Waals surface area contributed by atoms with Crippen molar-refractivity contribution in [2.45, 2.75) is 45.7 Å². The van der Waals surface area contributed by atoms with E-state index in [0.29, 0.717) is 0 Å². The molecule has 0 saturated carbocycles. The molecule has 0 aliphatic carbocycles. The van der Waals surface area contributed by atoms with Crippen LogP contribution in [0.25, 0.3) is 0 Å². The third-order valence-electron chi connectivity index (χ3n) is 2.42. The summed E-state index contributed by atoms with van der Waals surface area (Å²) >= 11 is 0. The molecule has 0 amide bonds. The average molecular weight is 258 g/mol. The van der Waals surface area contributed by atoms with Crippen LogP contribution in [0.2, 0.25) is 5.82 Å². The predicted octanol–water partition coefficient (Wildman–Crippen LogP) is 0.795. The minimum Gasteiger partial charge on any atom is -0.464 e. The van der Waals surface area contributed by atoms with Gasteiger partial charge in [-0.15, -0.1) is 0 Å². The van der Waals surface area contributed by atoms with Crippen LogP contribution in [0.4, 0.5) is 0 Å². The van der Waals surface area contributed by atoms with Gasteiger partial charge in [0.2, 0.25) is 0 Å². The van der Waals surface area contributed by atoms with E-state index in [1.54, 1.807) is 13.8 Å². The number of carbonyl (C=O) groups is 2. The average Bonchev–Trinajstić information content (AvgIpc) is 2.74. The second-order valence-electron chi connectivity index (χ2n) is 4.23. The predicted molar refractivity (Wildman–Crippen MR) is 63.9 cm³/mol. The molecule has 1 aliphatic rings. The van der Waals surface area contributed by atoms with E-state index >= 15 is 0 Å². The first kappa shape index (κ1) is 15.0. The molecule has 0 aromatic rings. The third kappa shape index (κ3) is 3.46. The molecule has 1 rings (SSSR count). The van der Waals surface area contributed by atoms with Gasteiger partial charge in [0.15, 0.2) is 12.2 Å². The third-order valence-corrected chi connectivity index (χ3v) is 2.42. The van der Waals surface area contributed by atoms with Crippen molar-refractivity contribution in [1.29, 1.82) is 0 Å². The van der Waals surface area contributed by atoms with E-state index in [4.69, 9.17) is 18.8 Å². The zero-order valence-corrected chi connectivity index (χ0v) is 11.2. The molecule has 0 radical (unpaired) electrons. The topological polar surface area (TPSA) is 71.1 Å². The summed E-state index contributed by atoms with van der Waals surface area (Å²) in [4.78, 5) is 23.4. The largest absolute Gasteiger partial charge is 0.464 e. The second-order valence-corrected chi connectivity index (χ2v) is 4.23. The van der Waals surface area contributed by atoms with Crippen molar-refractivity contribution >= 4 is 19.1 Å². The Bertz CT molecular complexity index is 280. The number of hydrogen-bond donors (Lipinski definition) is 0. The molecule has 0 bridgehead atoms. The smallest absolute Gasteiger partial charge is 0.461 e. The van der Waals surface area contributed by atoms with Crippen LogP contribution in [0.1, 0.15) is 27.7 Å². The van der Waals surface area contributed by atoms with Crippen LogP contribution in [-0.4, -0.2) is 44.5 Å². The van der Waals surface area contributed by atoms with Gasteiger partial charge in [-0.1, -0.05) is 13.8 Å². The Balaban J connectivity index is 2.76. The second kappa shape index (κ2) is 6.75. The number of ether oxygens (including phenoxy) is 2. The van der Waals surface area contributed by atoms with E-state index in [1.165, 1.54) is 0 Å². The van der Waals surface area contributed by atoms with E-state index in [-0.39, 0.29) is 19.0 Å². The summed E-state index contributed by atoms with van der Waals surface area (Å²) in [5.74, 6) is -1.17. The molecule has 0 aromatic heterocycles. The zero-order chi connectivity index (χ0) is 13.7. The van der Waals surface area contributed by atoms with Crippen LogP contribution in [0, 0.1) is 0 Å². The van der Waals surface area contributed by atoms with Crippen molar-refractivity contribution in [3.8, 4) is 0 Å². The van der Waals surface area contributed by atoms with E-state index < -0.39 is 31.3 Å². The Labute approximate surface area is 107 Å². The first-order chi connectivity index (χ1) is 8.51. The zero-order valence-electron chi connectivity index (χ0n) is 11.2. The molecule has 102 valence electrons. The fourth-order valence-corrected chi connectivity index (χ4v) is 1.59. The fraction of sp³-hybridized carbons (Fsp3) is 0.818.